The Morgan fingerprint density at radius 3 is 2.48 bits per heavy atom. The molecule has 1 heterocycles. The molecular weight excluding hydrogens is 426 g/mol. The molecule has 2 N–H and O–H groups in total. The standard InChI is InChI=1S/C25H19NO7/c1-32-15-8-6-7-14(13-15)26-24(30)22(29)20(21(28)18-11-4-5-12-19(18)27)23-16-9-2-3-10-17(16)25(31)33-23/h2-13,20,23,27H,1H3,(H,26,30)/t20-,23-/m0/s1. The van der Waals surface area contributed by atoms with Crippen molar-refractivity contribution in [1.82, 2.24) is 0 Å². The molecule has 0 fully saturated rings. The highest BCUT2D eigenvalue weighted by atomic mass is 16.5. The van der Waals surface area contributed by atoms with Crippen molar-refractivity contribution >= 4 is 29.1 Å². The van der Waals surface area contributed by atoms with Crippen LogP contribution in [0.2, 0.25) is 0 Å². The third kappa shape index (κ3) is 4.18. The molecule has 0 aromatic heterocycles. The maximum absolute atomic E-state index is 13.4. The van der Waals surface area contributed by atoms with E-state index in [0.29, 0.717) is 11.3 Å². The highest BCUT2D eigenvalue weighted by Crippen LogP contribution is 2.39. The Kier molecular flexibility index (Phi) is 5.91. The highest BCUT2D eigenvalue weighted by molar-refractivity contribution is 6.45. The van der Waals surface area contributed by atoms with E-state index in [1.165, 1.54) is 43.5 Å². The molecule has 1 aliphatic heterocycles. The van der Waals surface area contributed by atoms with E-state index in [1.54, 1.807) is 36.4 Å². The van der Waals surface area contributed by atoms with Gasteiger partial charge in [-0.3, -0.25) is 14.4 Å². The number of phenolic OH excluding ortho intramolecular Hbond substituents is 1. The van der Waals surface area contributed by atoms with Gasteiger partial charge in [0, 0.05) is 17.3 Å². The van der Waals surface area contributed by atoms with Crippen LogP contribution in [0.25, 0.3) is 0 Å². The third-order valence-corrected chi connectivity index (χ3v) is 5.31. The fraction of sp³-hybridized carbons (Fsp3) is 0.120. The van der Waals surface area contributed by atoms with E-state index in [4.69, 9.17) is 9.47 Å². The predicted octanol–water partition coefficient (Wildman–Crippen LogP) is 3.32. The first-order valence-electron chi connectivity index (χ1n) is 10.0. The Labute approximate surface area is 188 Å². The van der Waals surface area contributed by atoms with E-state index >= 15 is 0 Å². The molecule has 0 saturated heterocycles. The first-order valence-corrected chi connectivity index (χ1v) is 10.0. The Balaban J connectivity index is 1.72. The Morgan fingerprint density at radius 2 is 1.73 bits per heavy atom. The van der Waals surface area contributed by atoms with Gasteiger partial charge < -0.3 is 19.9 Å². The van der Waals surface area contributed by atoms with Crippen LogP contribution in [-0.4, -0.2) is 35.7 Å². The van der Waals surface area contributed by atoms with E-state index in [-0.39, 0.29) is 22.6 Å². The summed E-state index contributed by atoms with van der Waals surface area (Å²) in [5.74, 6) is -5.32. The van der Waals surface area contributed by atoms with Crippen LogP contribution in [0.4, 0.5) is 5.69 Å². The van der Waals surface area contributed by atoms with Gasteiger partial charge in [0.15, 0.2) is 5.78 Å². The Morgan fingerprint density at radius 1 is 1.00 bits per heavy atom. The number of aromatic hydroxyl groups is 1. The lowest BCUT2D eigenvalue weighted by atomic mass is 9.84. The van der Waals surface area contributed by atoms with Gasteiger partial charge in [0.25, 0.3) is 5.91 Å². The topological polar surface area (TPSA) is 119 Å². The van der Waals surface area contributed by atoms with Gasteiger partial charge in [-0.15, -0.1) is 0 Å². The zero-order valence-corrected chi connectivity index (χ0v) is 17.5. The monoisotopic (exact) mass is 445 g/mol. The molecule has 0 radical (unpaired) electrons. The number of hydrogen-bond acceptors (Lipinski definition) is 7. The summed E-state index contributed by atoms with van der Waals surface area (Å²) >= 11 is 0. The number of esters is 1. The van der Waals surface area contributed by atoms with Crippen LogP contribution < -0.4 is 10.1 Å². The second kappa shape index (κ2) is 8.96. The molecule has 1 amide bonds. The molecule has 1 aliphatic rings. The number of phenols is 1. The van der Waals surface area contributed by atoms with Gasteiger partial charge in [-0.2, -0.15) is 0 Å². The first kappa shape index (κ1) is 21.8. The summed E-state index contributed by atoms with van der Waals surface area (Å²) in [6, 6.07) is 18.3. The van der Waals surface area contributed by atoms with Crippen LogP contribution in [0.15, 0.2) is 72.8 Å². The van der Waals surface area contributed by atoms with Crippen LogP contribution in [0.5, 0.6) is 11.5 Å². The number of carbonyl (C=O) groups is 4. The number of ketones is 2. The number of Topliss-reactive ketones (excluding diaryl/α,β-unsaturated/α-hetero) is 2. The van der Waals surface area contributed by atoms with Crippen molar-refractivity contribution in [2.24, 2.45) is 5.92 Å². The fourth-order valence-corrected chi connectivity index (χ4v) is 3.70. The van der Waals surface area contributed by atoms with Gasteiger partial charge in [-0.1, -0.05) is 36.4 Å². The molecule has 3 aromatic rings. The van der Waals surface area contributed by atoms with Gasteiger partial charge in [-0.25, -0.2) is 4.79 Å². The lowest BCUT2D eigenvalue weighted by Crippen LogP contribution is -2.38. The van der Waals surface area contributed by atoms with Crippen molar-refractivity contribution in [2.45, 2.75) is 6.10 Å². The van der Waals surface area contributed by atoms with E-state index < -0.39 is 35.5 Å². The summed E-state index contributed by atoms with van der Waals surface area (Å²) in [5, 5.41) is 12.6. The number of hydrogen-bond donors (Lipinski definition) is 2. The molecule has 0 spiro atoms. The normalized spacial score (nSPS) is 15.2. The minimum atomic E-state index is -1.70. The number of anilines is 1. The van der Waals surface area contributed by atoms with Crippen LogP contribution in [-0.2, 0) is 14.3 Å². The number of nitrogens with one attached hydrogen (secondary N) is 1. The summed E-state index contributed by atoms with van der Waals surface area (Å²) in [6.45, 7) is 0. The molecule has 166 valence electrons. The molecule has 2 atom stereocenters. The number of fused-ring (bicyclic) bond motifs is 1. The van der Waals surface area contributed by atoms with Gasteiger partial charge >= 0.3 is 5.97 Å². The zero-order valence-electron chi connectivity index (χ0n) is 17.5. The van der Waals surface area contributed by atoms with Crippen LogP contribution >= 0.6 is 0 Å². The number of carbonyl (C=O) groups excluding carboxylic acids is 4. The number of rotatable bonds is 7. The highest BCUT2D eigenvalue weighted by Gasteiger charge is 2.46. The Hall–Kier alpha value is -4.46. The largest absolute Gasteiger partial charge is 0.507 e. The van der Waals surface area contributed by atoms with Crippen molar-refractivity contribution in [3.05, 3.63) is 89.5 Å². The van der Waals surface area contributed by atoms with Crippen molar-refractivity contribution < 1.29 is 33.8 Å². The summed E-state index contributed by atoms with van der Waals surface area (Å²) in [7, 11) is 1.46. The van der Waals surface area contributed by atoms with Crippen molar-refractivity contribution in [1.29, 1.82) is 0 Å². The van der Waals surface area contributed by atoms with E-state index in [9.17, 15) is 24.3 Å². The van der Waals surface area contributed by atoms with Crippen molar-refractivity contribution in [3.8, 4) is 11.5 Å². The van der Waals surface area contributed by atoms with E-state index in [1.807, 2.05) is 0 Å². The number of benzene rings is 3. The fourth-order valence-electron chi connectivity index (χ4n) is 3.70. The smallest absolute Gasteiger partial charge is 0.339 e. The zero-order chi connectivity index (χ0) is 23.5. The van der Waals surface area contributed by atoms with Crippen LogP contribution in [0, 0.1) is 5.92 Å². The van der Waals surface area contributed by atoms with Crippen LogP contribution in [0.1, 0.15) is 32.4 Å². The quantitative estimate of drug-likeness (QED) is 0.248. The van der Waals surface area contributed by atoms with Crippen molar-refractivity contribution in [2.75, 3.05) is 12.4 Å². The molecule has 0 unspecified atom stereocenters. The summed E-state index contributed by atoms with van der Waals surface area (Å²) in [4.78, 5) is 51.9. The number of ether oxygens (including phenoxy) is 2. The minimum absolute atomic E-state index is 0.162. The summed E-state index contributed by atoms with van der Waals surface area (Å²) in [5.41, 5.74) is 0.646. The second-order valence-corrected chi connectivity index (χ2v) is 7.32. The second-order valence-electron chi connectivity index (χ2n) is 7.32. The van der Waals surface area contributed by atoms with Crippen molar-refractivity contribution in [3.63, 3.8) is 0 Å². The number of cyclic esters (lactones) is 1. The third-order valence-electron chi connectivity index (χ3n) is 5.31. The summed E-state index contributed by atoms with van der Waals surface area (Å²) in [6.07, 6.45) is -1.32. The average molecular weight is 445 g/mol. The summed E-state index contributed by atoms with van der Waals surface area (Å²) < 4.78 is 10.5. The van der Waals surface area contributed by atoms with E-state index in [0.717, 1.165) is 0 Å². The SMILES string of the molecule is COc1cccc(NC(=O)C(=O)[C@H](C(=O)c2ccccc2O)[C@H]2OC(=O)c3ccccc32)c1. The molecular formula is C25H19NO7. The molecule has 33 heavy (non-hydrogen) atoms. The number of para-hydroxylation sites is 1. The maximum Gasteiger partial charge on any atom is 0.339 e. The lowest BCUT2D eigenvalue weighted by molar-refractivity contribution is -0.138. The van der Waals surface area contributed by atoms with Gasteiger partial charge in [0.2, 0.25) is 5.78 Å². The molecule has 8 heteroatoms. The number of amides is 1. The molecule has 3 aromatic carbocycles. The predicted molar refractivity (Wildman–Crippen MR) is 117 cm³/mol. The van der Waals surface area contributed by atoms with Crippen LogP contribution in [0.3, 0.4) is 0 Å². The van der Waals surface area contributed by atoms with Gasteiger partial charge in [0.1, 0.15) is 23.5 Å². The number of methoxy groups -OCH3 is 1. The molecule has 8 nitrogen and oxygen atoms in total. The molecule has 0 saturated carbocycles. The first-order chi connectivity index (χ1) is 15.9. The Bertz CT molecular complexity index is 1270. The molecule has 4 rings (SSSR count). The molecule has 0 aliphatic carbocycles. The lowest BCUT2D eigenvalue weighted by Gasteiger charge is -2.21. The van der Waals surface area contributed by atoms with Gasteiger partial charge in [0.05, 0.1) is 18.2 Å². The minimum Gasteiger partial charge on any atom is -0.507 e. The van der Waals surface area contributed by atoms with Gasteiger partial charge in [-0.05, 0) is 30.3 Å². The maximum atomic E-state index is 13.4. The average Bonchev–Trinajstić information content (AvgIpc) is 3.15. The molecule has 0 bridgehead atoms. The van der Waals surface area contributed by atoms with E-state index in [2.05, 4.69) is 5.32 Å².